The number of para-hydroxylation sites is 2. The van der Waals surface area contributed by atoms with E-state index in [2.05, 4.69) is 10.6 Å². The molecule has 26 heavy (non-hydrogen) atoms. The van der Waals surface area contributed by atoms with Crippen molar-refractivity contribution in [2.45, 2.75) is 27.2 Å². The second-order valence-corrected chi connectivity index (χ2v) is 6.50. The van der Waals surface area contributed by atoms with Gasteiger partial charge in [0.2, 0.25) is 5.91 Å². The van der Waals surface area contributed by atoms with Crippen molar-refractivity contribution in [2.24, 2.45) is 0 Å². The van der Waals surface area contributed by atoms with Crippen LogP contribution in [-0.4, -0.2) is 31.6 Å². The molecule has 0 aliphatic heterocycles. The number of esters is 1. The van der Waals surface area contributed by atoms with Crippen LogP contribution in [0.2, 0.25) is 0 Å². The summed E-state index contributed by atoms with van der Waals surface area (Å²) in [5, 5.41) is 6.38. The number of nitrogens with one attached hydrogen (secondary N) is 2. The van der Waals surface area contributed by atoms with Gasteiger partial charge in [0.15, 0.2) is 0 Å². The molecule has 1 aromatic carbocycles. The predicted octanol–water partition coefficient (Wildman–Crippen LogP) is 3.94. The lowest BCUT2D eigenvalue weighted by molar-refractivity contribution is -0.114. The van der Waals surface area contributed by atoms with Crippen molar-refractivity contribution in [3.63, 3.8) is 0 Å². The Hall–Kier alpha value is -2.54. The third kappa shape index (κ3) is 5.23. The van der Waals surface area contributed by atoms with Crippen molar-refractivity contribution in [1.29, 1.82) is 0 Å². The fraction of sp³-hybridized carbons (Fsp3) is 0.368. The van der Waals surface area contributed by atoms with Gasteiger partial charge in [-0.05, 0) is 38.5 Å². The number of thiophene rings is 1. The minimum absolute atomic E-state index is 0.0612. The van der Waals surface area contributed by atoms with Gasteiger partial charge in [0.05, 0.1) is 31.0 Å². The van der Waals surface area contributed by atoms with Crippen molar-refractivity contribution in [1.82, 2.24) is 0 Å². The summed E-state index contributed by atoms with van der Waals surface area (Å²) in [6, 6.07) is 9.21. The third-order valence-electron chi connectivity index (χ3n) is 3.51. The van der Waals surface area contributed by atoms with E-state index < -0.39 is 5.97 Å². The van der Waals surface area contributed by atoms with Crippen molar-refractivity contribution in [3.8, 4) is 5.75 Å². The summed E-state index contributed by atoms with van der Waals surface area (Å²) in [6.07, 6.45) is 0.785. The van der Waals surface area contributed by atoms with E-state index in [0.29, 0.717) is 29.5 Å². The molecule has 0 atom stereocenters. The van der Waals surface area contributed by atoms with Crippen molar-refractivity contribution in [3.05, 3.63) is 40.8 Å². The minimum Gasteiger partial charge on any atom is -0.492 e. The average Bonchev–Trinajstić information content (AvgIpc) is 3.04. The Bertz CT molecular complexity index is 758. The molecule has 2 aromatic rings. The molecule has 140 valence electrons. The lowest BCUT2D eigenvalue weighted by Crippen LogP contribution is -2.22. The van der Waals surface area contributed by atoms with E-state index in [1.165, 1.54) is 11.3 Å². The number of ether oxygens (including phenoxy) is 2. The first kappa shape index (κ1) is 19.8. The Morgan fingerprint density at radius 3 is 2.58 bits per heavy atom. The molecular formula is C19H24N2O4S. The molecule has 2 rings (SSSR count). The Morgan fingerprint density at radius 2 is 1.88 bits per heavy atom. The van der Waals surface area contributed by atoms with Crippen LogP contribution in [0.3, 0.4) is 0 Å². The number of hydrogen-bond donors (Lipinski definition) is 2. The van der Waals surface area contributed by atoms with Gasteiger partial charge >= 0.3 is 5.97 Å². The first-order valence-electron chi connectivity index (χ1n) is 8.64. The number of aryl methyl sites for hydroxylation is 1. The molecule has 0 saturated carbocycles. The predicted molar refractivity (Wildman–Crippen MR) is 104 cm³/mol. The molecule has 1 amide bonds. The number of rotatable bonds is 9. The van der Waals surface area contributed by atoms with E-state index >= 15 is 0 Å². The summed E-state index contributed by atoms with van der Waals surface area (Å²) >= 11 is 1.39. The largest absolute Gasteiger partial charge is 0.492 e. The van der Waals surface area contributed by atoms with Gasteiger partial charge in [-0.1, -0.05) is 19.1 Å². The molecule has 0 saturated heterocycles. The molecule has 0 aliphatic carbocycles. The van der Waals surface area contributed by atoms with Crippen LogP contribution in [0.4, 0.5) is 10.7 Å². The number of carbonyl (C=O) groups excluding carboxylic acids is 2. The SMILES string of the molecule is CCOC(=O)c1cc(CC)sc1NC(=O)CNc1ccccc1OCC. The van der Waals surface area contributed by atoms with Crippen LogP contribution in [0.5, 0.6) is 5.75 Å². The molecule has 0 aliphatic rings. The molecule has 0 unspecified atom stereocenters. The first-order chi connectivity index (χ1) is 12.6. The van der Waals surface area contributed by atoms with E-state index in [9.17, 15) is 9.59 Å². The zero-order valence-electron chi connectivity index (χ0n) is 15.3. The average molecular weight is 376 g/mol. The maximum Gasteiger partial charge on any atom is 0.341 e. The highest BCUT2D eigenvalue weighted by Gasteiger charge is 2.18. The van der Waals surface area contributed by atoms with Gasteiger partial charge in [-0.3, -0.25) is 4.79 Å². The normalized spacial score (nSPS) is 10.3. The molecule has 0 spiro atoms. The quantitative estimate of drug-likeness (QED) is 0.648. The Morgan fingerprint density at radius 1 is 1.12 bits per heavy atom. The first-order valence-corrected chi connectivity index (χ1v) is 9.46. The highest BCUT2D eigenvalue weighted by Crippen LogP contribution is 2.29. The lowest BCUT2D eigenvalue weighted by Gasteiger charge is -2.12. The molecule has 0 bridgehead atoms. The fourth-order valence-electron chi connectivity index (χ4n) is 2.31. The number of hydrogen-bond acceptors (Lipinski definition) is 6. The number of carbonyl (C=O) groups is 2. The highest BCUT2D eigenvalue weighted by molar-refractivity contribution is 7.16. The van der Waals surface area contributed by atoms with E-state index in [0.717, 1.165) is 17.0 Å². The minimum atomic E-state index is -0.423. The maximum atomic E-state index is 12.3. The Kier molecular flexibility index (Phi) is 7.47. The summed E-state index contributed by atoms with van der Waals surface area (Å²) in [4.78, 5) is 25.4. The topological polar surface area (TPSA) is 76.7 Å². The van der Waals surface area contributed by atoms with Crippen LogP contribution < -0.4 is 15.4 Å². The van der Waals surface area contributed by atoms with Gasteiger partial charge in [0.25, 0.3) is 0 Å². The van der Waals surface area contributed by atoms with Crippen LogP contribution in [0.25, 0.3) is 0 Å². The second kappa shape index (κ2) is 9.82. The van der Waals surface area contributed by atoms with Crippen molar-refractivity contribution in [2.75, 3.05) is 30.4 Å². The number of amides is 1. The molecule has 0 radical (unpaired) electrons. The van der Waals surface area contributed by atoms with Gasteiger partial charge in [0.1, 0.15) is 10.8 Å². The zero-order chi connectivity index (χ0) is 18.9. The molecule has 0 fully saturated rings. The van der Waals surface area contributed by atoms with E-state index in [4.69, 9.17) is 9.47 Å². The highest BCUT2D eigenvalue weighted by atomic mass is 32.1. The van der Waals surface area contributed by atoms with Crippen molar-refractivity contribution >= 4 is 33.9 Å². The van der Waals surface area contributed by atoms with Gasteiger partial charge in [-0.25, -0.2) is 4.79 Å². The third-order valence-corrected chi connectivity index (χ3v) is 4.70. The van der Waals surface area contributed by atoms with Crippen LogP contribution in [0.15, 0.2) is 30.3 Å². The van der Waals surface area contributed by atoms with E-state index in [-0.39, 0.29) is 12.5 Å². The smallest absolute Gasteiger partial charge is 0.341 e. The Labute approximate surface area is 157 Å². The zero-order valence-corrected chi connectivity index (χ0v) is 16.1. The van der Waals surface area contributed by atoms with Crippen LogP contribution in [-0.2, 0) is 16.0 Å². The summed E-state index contributed by atoms with van der Waals surface area (Å²) < 4.78 is 10.6. The second-order valence-electron chi connectivity index (χ2n) is 5.36. The van der Waals surface area contributed by atoms with E-state index in [1.54, 1.807) is 13.0 Å². The number of benzene rings is 1. The molecule has 6 nitrogen and oxygen atoms in total. The summed E-state index contributed by atoms with van der Waals surface area (Å²) in [7, 11) is 0. The summed E-state index contributed by atoms with van der Waals surface area (Å²) in [5.74, 6) is 0.0270. The summed E-state index contributed by atoms with van der Waals surface area (Å²) in [6.45, 7) is 6.55. The molecule has 2 N–H and O–H groups in total. The van der Waals surface area contributed by atoms with Crippen LogP contribution >= 0.6 is 11.3 Å². The monoisotopic (exact) mass is 376 g/mol. The fourth-order valence-corrected chi connectivity index (χ4v) is 3.31. The standard InChI is InChI=1S/C19H24N2O4S/c1-4-13-11-14(19(23)25-6-3)18(26-13)21-17(22)12-20-15-9-7-8-10-16(15)24-5-2/h7-11,20H,4-6,12H2,1-3H3,(H,21,22). The van der Waals surface area contributed by atoms with E-state index in [1.807, 2.05) is 38.1 Å². The molecule has 1 heterocycles. The van der Waals surface area contributed by atoms with Crippen LogP contribution in [0, 0.1) is 0 Å². The molecular weight excluding hydrogens is 352 g/mol. The van der Waals surface area contributed by atoms with Crippen molar-refractivity contribution < 1.29 is 19.1 Å². The van der Waals surface area contributed by atoms with Gasteiger partial charge in [-0.15, -0.1) is 11.3 Å². The number of anilines is 2. The molecule has 1 aromatic heterocycles. The lowest BCUT2D eigenvalue weighted by atomic mass is 10.2. The van der Waals surface area contributed by atoms with Gasteiger partial charge < -0.3 is 20.1 Å². The Balaban J connectivity index is 2.04. The molecule has 7 heteroatoms. The summed E-state index contributed by atoms with van der Waals surface area (Å²) in [5.41, 5.74) is 1.15. The van der Waals surface area contributed by atoms with Crippen LogP contribution in [0.1, 0.15) is 36.0 Å². The van der Waals surface area contributed by atoms with Gasteiger partial charge in [-0.2, -0.15) is 0 Å². The maximum absolute atomic E-state index is 12.3. The van der Waals surface area contributed by atoms with Gasteiger partial charge in [0, 0.05) is 4.88 Å².